The molecule has 0 aliphatic carbocycles. The summed E-state index contributed by atoms with van der Waals surface area (Å²) in [6.07, 6.45) is 0.492. The first-order valence-corrected chi connectivity index (χ1v) is 17.8. The number of fused-ring (bicyclic) bond motifs is 4. The fraction of sp³-hybridized carbons (Fsp3) is 0.333. The topological polar surface area (TPSA) is 216 Å². The van der Waals surface area contributed by atoms with E-state index in [1.165, 1.54) is 41.0 Å². The van der Waals surface area contributed by atoms with Gasteiger partial charge in [-0.3, -0.25) is 24.2 Å². The molecule has 0 saturated heterocycles. The third-order valence-corrected chi connectivity index (χ3v) is 10.1. The zero-order chi connectivity index (χ0) is 38.5. The molecule has 3 aromatic carbocycles. The molecule has 0 fully saturated rings. The largest absolute Gasteiger partial charge is 0.480 e. The van der Waals surface area contributed by atoms with Crippen LogP contribution in [0.25, 0.3) is 10.9 Å². The lowest BCUT2D eigenvalue weighted by Crippen LogP contribution is -2.60. The molecule has 54 heavy (non-hydrogen) atoms. The van der Waals surface area contributed by atoms with E-state index in [2.05, 4.69) is 20.6 Å². The zero-order valence-corrected chi connectivity index (χ0v) is 29.8. The van der Waals surface area contributed by atoms with Crippen LogP contribution in [0.2, 0.25) is 0 Å². The molecule has 6 rings (SSSR count). The van der Waals surface area contributed by atoms with Crippen molar-refractivity contribution in [3.05, 3.63) is 107 Å². The first-order chi connectivity index (χ1) is 25.9. The number of carbonyl (C=O) groups is 5. The lowest BCUT2D eigenvalue weighted by atomic mass is 9.93. The Hall–Kier alpha value is -6.25. The highest BCUT2D eigenvalue weighted by Crippen LogP contribution is 2.31. The highest BCUT2D eigenvalue weighted by Gasteiger charge is 2.40. The smallest absolute Gasteiger partial charge is 0.326 e. The molecule has 0 spiro atoms. The van der Waals surface area contributed by atoms with Gasteiger partial charge in [-0.25, -0.2) is 9.18 Å². The lowest BCUT2D eigenvalue weighted by molar-refractivity contribution is -0.153. The first kappa shape index (κ1) is 37.5. The van der Waals surface area contributed by atoms with Crippen molar-refractivity contribution in [1.29, 1.82) is 0 Å². The van der Waals surface area contributed by atoms with Gasteiger partial charge in [-0.05, 0) is 53.3 Å². The molecule has 4 amide bonds. The van der Waals surface area contributed by atoms with Gasteiger partial charge in [0.1, 0.15) is 30.0 Å². The summed E-state index contributed by atoms with van der Waals surface area (Å²) in [5.41, 5.74) is 15.7. The van der Waals surface area contributed by atoms with Crippen LogP contribution in [-0.2, 0) is 56.3 Å². The van der Waals surface area contributed by atoms with Crippen LogP contribution in [-0.4, -0.2) is 86.2 Å². The number of aromatic amines is 1. The number of nitrogens with zero attached hydrogens (tertiary/aromatic N) is 3. The minimum atomic E-state index is -1.26. The average molecular weight is 739 g/mol. The predicted molar refractivity (Wildman–Crippen MR) is 198 cm³/mol. The fourth-order valence-electron chi connectivity index (χ4n) is 7.32. The second-order valence-corrected chi connectivity index (χ2v) is 13.7. The molecule has 0 radical (unpaired) electrons. The Morgan fingerprint density at radius 2 is 1.59 bits per heavy atom. The van der Waals surface area contributed by atoms with E-state index < -0.39 is 53.7 Å². The van der Waals surface area contributed by atoms with Crippen LogP contribution in [0.3, 0.4) is 0 Å². The number of para-hydroxylation sites is 1. The third-order valence-electron chi connectivity index (χ3n) is 10.1. The van der Waals surface area contributed by atoms with Crippen molar-refractivity contribution >= 4 is 46.5 Å². The minimum absolute atomic E-state index is 0.0402. The minimum Gasteiger partial charge on any atom is -0.480 e. The molecule has 8 N–H and O–H groups in total. The number of rotatable bonds is 12. The van der Waals surface area contributed by atoms with E-state index >= 15 is 0 Å². The van der Waals surface area contributed by atoms with Crippen LogP contribution >= 0.6 is 0 Å². The molecule has 2 aliphatic heterocycles. The highest BCUT2D eigenvalue weighted by molar-refractivity contribution is 5.96. The van der Waals surface area contributed by atoms with Crippen LogP contribution in [0.15, 0.2) is 77.8 Å². The molecule has 15 heteroatoms. The number of aromatic nitrogens is 1. The molecule has 0 bridgehead atoms. The summed E-state index contributed by atoms with van der Waals surface area (Å²) in [5.74, 6) is -4.09. The van der Waals surface area contributed by atoms with Gasteiger partial charge in [-0.15, -0.1) is 0 Å². The SMILES string of the molecule is CC(=O)N1Cc2ccccc2C[C@H]1C(=O)N[C@H](Cc1ccc(F)cc1)C(=O)N[C@@H](CCCN=C(N)N)C(=O)N1Cc2[nH]c3ccccc3c2CC1C(=O)O. The summed E-state index contributed by atoms with van der Waals surface area (Å²) in [7, 11) is 0. The molecular weight excluding hydrogens is 695 g/mol. The van der Waals surface area contributed by atoms with Crippen molar-refractivity contribution in [2.24, 2.45) is 16.5 Å². The Morgan fingerprint density at radius 1 is 0.889 bits per heavy atom. The van der Waals surface area contributed by atoms with Gasteiger partial charge in [0.25, 0.3) is 0 Å². The van der Waals surface area contributed by atoms with Crippen LogP contribution < -0.4 is 22.1 Å². The Kier molecular flexibility index (Phi) is 11.2. The van der Waals surface area contributed by atoms with Crippen molar-refractivity contribution in [2.75, 3.05) is 6.54 Å². The Labute approximate surface area is 310 Å². The summed E-state index contributed by atoms with van der Waals surface area (Å²) in [4.78, 5) is 78.0. The summed E-state index contributed by atoms with van der Waals surface area (Å²) >= 11 is 0. The number of halogens is 1. The average Bonchev–Trinajstić information content (AvgIpc) is 3.52. The number of carbonyl (C=O) groups excluding carboxylic acids is 4. The van der Waals surface area contributed by atoms with E-state index in [0.29, 0.717) is 11.3 Å². The van der Waals surface area contributed by atoms with Gasteiger partial charge < -0.3 is 42.0 Å². The van der Waals surface area contributed by atoms with E-state index in [-0.39, 0.29) is 63.6 Å². The molecule has 1 aromatic heterocycles. The molecule has 2 aliphatic rings. The molecule has 282 valence electrons. The van der Waals surface area contributed by atoms with Gasteiger partial charge in [0, 0.05) is 55.9 Å². The summed E-state index contributed by atoms with van der Waals surface area (Å²) < 4.78 is 13.9. The third kappa shape index (κ3) is 8.35. The first-order valence-electron chi connectivity index (χ1n) is 17.8. The maximum atomic E-state index is 14.4. The van der Waals surface area contributed by atoms with Crippen molar-refractivity contribution in [3.8, 4) is 0 Å². The van der Waals surface area contributed by atoms with E-state index in [0.717, 1.165) is 27.6 Å². The van der Waals surface area contributed by atoms with Gasteiger partial charge in [-0.2, -0.15) is 0 Å². The van der Waals surface area contributed by atoms with E-state index in [1.54, 1.807) is 0 Å². The number of nitrogens with one attached hydrogen (secondary N) is 3. The van der Waals surface area contributed by atoms with Crippen LogP contribution in [0.4, 0.5) is 4.39 Å². The number of H-pyrrole nitrogens is 1. The number of hydrogen-bond donors (Lipinski definition) is 6. The van der Waals surface area contributed by atoms with Gasteiger partial charge in [0.15, 0.2) is 5.96 Å². The maximum absolute atomic E-state index is 14.4. The van der Waals surface area contributed by atoms with Gasteiger partial charge in [0.2, 0.25) is 23.6 Å². The Morgan fingerprint density at radius 3 is 2.30 bits per heavy atom. The second kappa shape index (κ2) is 16.2. The van der Waals surface area contributed by atoms with Crippen molar-refractivity contribution < 1.29 is 33.5 Å². The fourth-order valence-corrected chi connectivity index (χ4v) is 7.32. The van der Waals surface area contributed by atoms with Gasteiger partial charge in [0.05, 0.1) is 6.54 Å². The molecule has 1 unspecified atom stereocenters. The summed E-state index contributed by atoms with van der Waals surface area (Å²) in [5, 5.41) is 16.8. The highest BCUT2D eigenvalue weighted by atomic mass is 19.1. The van der Waals surface area contributed by atoms with Crippen LogP contribution in [0.5, 0.6) is 0 Å². The number of carboxylic acids is 1. The Balaban J connectivity index is 1.28. The maximum Gasteiger partial charge on any atom is 0.326 e. The number of benzene rings is 3. The second-order valence-electron chi connectivity index (χ2n) is 13.7. The van der Waals surface area contributed by atoms with Crippen molar-refractivity contribution in [2.45, 2.75) is 76.3 Å². The monoisotopic (exact) mass is 738 g/mol. The van der Waals surface area contributed by atoms with Gasteiger partial charge >= 0.3 is 5.97 Å². The van der Waals surface area contributed by atoms with Gasteiger partial charge in [-0.1, -0.05) is 54.6 Å². The molecule has 3 heterocycles. The number of nitrogens with two attached hydrogens (primary N) is 2. The Bertz CT molecular complexity index is 2100. The zero-order valence-electron chi connectivity index (χ0n) is 29.8. The van der Waals surface area contributed by atoms with E-state index in [4.69, 9.17) is 11.5 Å². The van der Waals surface area contributed by atoms with Crippen molar-refractivity contribution in [3.63, 3.8) is 0 Å². The lowest BCUT2D eigenvalue weighted by Gasteiger charge is -2.37. The number of aliphatic imine (C=N–C) groups is 1. The number of guanidine groups is 1. The standard InChI is InChI=1S/C39H43FN8O6/c1-22(49)47-20-25-8-3-2-7-24(25)18-33(47)36(51)46-31(17-23-12-14-26(40)15-13-23)35(50)45-30(11-6-16-43-39(41)42)37(52)48-21-32-28(19-34(48)38(53)54)27-9-4-5-10-29(27)44-32/h2-5,7-10,12-15,30-31,33-34,44H,6,11,16-21H2,1H3,(H,45,50)(H,46,51)(H,53,54)(H4,41,42,43)/t30-,31+,33-,34?/m0/s1. The normalized spacial score (nSPS) is 17.4. The summed E-state index contributed by atoms with van der Waals surface area (Å²) in [6, 6.07) is 15.8. The molecule has 4 aromatic rings. The molecule has 14 nitrogen and oxygen atoms in total. The molecule has 4 atom stereocenters. The number of carboxylic acid groups (broad SMARTS) is 1. The van der Waals surface area contributed by atoms with E-state index in [1.807, 2.05) is 48.5 Å². The van der Waals surface area contributed by atoms with E-state index in [9.17, 15) is 33.5 Å². The molecule has 0 saturated carbocycles. The summed E-state index contributed by atoms with van der Waals surface area (Å²) in [6.45, 7) is 1.68. The predicted octanol–water partition coefficient (Wildman–Crippen LogP) is 1.88. The molecular formula is C39H43FN8O6. The van der Waals surface area contributed by atoms with Crippen molar-refractivity contribution in [1.82, 2.24) is 25.4 Å². The van der Waals surface area contributed by atoms with Crippen LogP contribution in [0, 0.1) is 5.82 Å². The van der Waals surface area contributed by atoms with Crippen LogP contribution in [0.1, 0.15) is 47.7 Å². The number of hydrogen-bond acceptors (Lipinski definition) is 6. The quantitative estimate of drug-likeness (QED) is 0.0715. The number of amides is 4. The number of aliphatic carboxylic acids is 1.